The average molecular weight is 206 g/mol. The maximum Gasteiger partial charge on any atom is 0.130 e. The summed E-state index contributed by atoms with van der Waals surface area (Å²) in [5.74, 6) is 0.167. The van der Waals surface area contributed by atoms with Crippen molar-refractivity contribution in [1.29, 1.82) is 0 Å². The summed E-state index contributed by atoms with van der Waals surface area (Å²) in [4.78, 5) is 0. The molecule has 1 atom stereocenters. The lowest BCUT2D eigenvalue weighted by atomic mass is 9.92. The van der Waals surface area contributed by atoms with Gasteiger partial charge in [0.05, 0.1) is 0 Å². The molecule has 0 aromatic heterocycles. The normalized spacial score (nSPS) is 20.4. The summed E-state index contributed by atoms with van der Waals surface area (Å²) in [7, 11) is 0. The van der Waals surface area contributed by atoms with E-state index in [0.717, 1.165) is 24.8 Å². The Bertz CT molecular complexity index is 371. The maximum atomic E-state index is 13.6. The van der Waals surface area contributed by atoms with Crippen molar-refractivity contribution in [1.82, 2.24) is 0 Å². The van der Waals surface area contributed by atoms with Crippen molar-refractivity contribution < 1.29 is 9.50 Å². The summed E-state index contributed by atoms with van der Waals surface area (Å²) in [6.07, 6.45) is 4.86. The van der Waals surface area contributed by atoms with Crippen molar-refractivity contribution in [3.63, 3.8) is 0 Å². The van der Waals surface area contributed by atoms with E-state index in [4.69, 9.17) is 5.11 Å². The number of rotatable bonds is 3. The van der Waals surface area contributed by atoms with Crippen LogP contribution in [0, 0.1) is 11.7 Å². The molecule has 0 saturated heterocycles. The largest absolute Gasteiger partial charge is 0.396 e. The SMILES string of the molecule is OCCC1CCC=C1c1ccccc1F. The Hall–Kier alpha value is -1.15. The van der Waals surface area contributed by atoms with Crippen LogP contribution in [0.25, 0.3) is 5.57 Å². The molecule has 2 heteroatoms. The fraction of sp³-hybridized carbons (Fsp3) is 0.385. The van der Waals surface area contributed by atoms with E-state index in [1.165, 1.54) is 6.07 Å². The second-order valence-corrected chi connectivity index (χ2v) is 3.93. The highest BCUT2D eigenvalue weighted by Crippen LogP contribution is 2.36. The zero-order valence-corrected chi connectivity index (χ0v) is 8.62. The molecule has 1 nitrogen and oxygen atoms in total. The van der Waals surface area contributed by atoms with Crippen molar-refractivity contribution >= 4 is 5.57 Å². The number of hydrogen-bond donors (Lipinski definition) is 1. The monoisotopic (exact) mass is 206 g/mol. The van der Waals surface area contributed by atoms with E-state index in [-0.39, 0.29) is 12.4 Å². The van der Waals surface area contributed by atoms with Crippen LogP contribution in [0.5, 0.6) is 0 Å². The third-order valence-corrected chi connectivity index (χ3v) is 2.98. The van der Waals surface area contributed by atoms with Gasteiger partial charge in [-0.2, -0.15) is 0 Å². The third kappa shape index (κ3) is 2.10. The molecule has 0 radical (unpaired) electrons. The summed E-state index contributed by atoms with van der Waals surface area (Å²) in [5.41, 5.74) is 1.77. The van der Waals surface area contributed by atoms with Gasteiger partial charge in [0.1, 0.15) is 5.82 Å². The second kappa shape index (κ2) is 4.58. The first kappa shape index (κ1) is 10.4. The van der Waals surface area contributed by atoms with Gasteiger partial charge in [-0.25, -0.2) is 4.39 Å². The molecule has 1 N–H and O–H groups in total. The smallest absolute Gasteiger partial charge is 0.130 e. The molecular formula is C13H15FO. The molecule has 1 aliphatic rings. The van der Waals surface area contributed by atoms with E-state index in [1.807, 2.05) is 12.1 Å². The fourth-order valence-electron chi connectivity index (χ4n) is 2.24. The molecule has 0 fully saturated rings. The topological polar surface area (TPSA) is 20.2 Å². The van der Waals surface area contributed by atoms with Gasteiger partial charge in [0.2, 0.25) is 0 Å². The van der Waals surface area contributed by atoms with Crippen LogP contribution in [-0.4, -0.2) is 11.7 Å². The summed E-state index contributed by atoms with van der Waals surface area (Å²) in [6.45, 7) is 0.177. The maximum absolute atomic E-state index is 13.6. The summed E-state index contributed by atoms with van der Waals surface area (Å²) < 4.78 is 13.6. The fourth-order valence-corrected chi connectivity index (χ4v) is 2.24. The van der Waals surface area contributed by atoms with Crippen LogP contribution < -0.4 is 0 Å². The lowest BCUT2D eigenvalue weighted by Crippen LogP contribution is -2.03. The van der Waals surface area contributed by atoms with E-state index in [1.54, 1.807) is 6.07 Å². The first-order valence-electron chi connectivity index (χ1n) is 5.38. The molecule has 1 aromatic carbocycles. The molecule has 1 unspecified atom stereocenters. The minimum absolute atomic E-state index is 0.159. The van der Waals surface area contributed by atoms with E-state index in [9.17, 15) is 4.39 Å². The zero-order chi connectivity index (χ0) is 10.7. The molecule has 0 aliphatic heterocycles. The van der Waals surface area contributed by atoms with E-state index >= 15 is 0 Å². The Kier molecular flexibility index (Phi) is 3.17. The third-order valence-electron chi connectivity index (χ3n) is 2.98. The van der Waals surface area contributed by atoms with Gasteiger partial charge in [-0.3, -0.25) is 0 Å². The Morgan fingerprint density at radius 2 is 2.13 bits per heavy atom. The van der Waals surface area contributed by atoms with Gasteiger partial charge in [0.15, 0.2) is 0 Å². The molecule has 0 amide bonds. The van der Waals surface area contributed by atoms with Gasteiger partial charge in [-0.05, 0) is 36.8 Å². The highest BCUT2D eigenvalue weighted by atomic mass is 19.1. The summed E-state index contributed by atoms with van der Waals surface area (Å²) >= 11 is 0. The van der Waals surface area contributed by atoms with Gasteiger partial charge >= 0.3 is 0 Å². The van der Waals surface area contributed by atoms with E-state index in [0.29, 0.717) is 11.5 Å². The first-order chi connectivity index (χ1) is 7.33. The van der Waals surface area contributed by atoms with Gasteiger partial charge < -0.3 is 5.11 Å². The zero-order valence-electron chi connectivity index (χ0n) is 8.62. The van der Waals surface area contributed by atoms with Crippen LogP contribution in [-0.2, 0) is 0 Å². The first-order valence-corrected chi connectivity index (χ1v) is 5.38. The van der Waals surface area contributed by atoms with Gasteiger partial charge in [-0.1, -0.05) is 24.3 Å². The minimum Gasteiger partial charge on any atom is -0.396 e. The predicted octanol–water partition coefficient (Wildman–Crippen LogP) is 3.00. The Balaban J connectivity index is 2.27. The quantitative estimate of drug-likeness (QED) is 0.806. The summed E-state index contributed by atoms with van der Waals surface area (Å²) in [6, 6.07) is 6.87. The van der Waals surface area contributed by atoms with Crippen molar-refractivity contribution in [3.8, 4) is 0 Å². The number of hydrogen-bond acceptors (Lipinski definition) is 1. The van der Waals surface area contributed by atoms with Crippen LogP contribution in [0.15, 0.2) is 30.3 Å². The average Bonchev–Trinajstić information content (AvgIpc) is 2.67. The Morgan fingerprint density at radius 3 is 2.87 bits per heavy atom. The lowest BCUT2D eigenvalue weighted by molar-refractivity contribution is 0.271. The number of halogens is 1. The predicted molar refractivity (Wildman–Crippen MR) is 58.8 cm³/mol. The standard InChI is InChI=1S/C13H15FO/c14-13-7-2-1-5-12(13)11-6-3-4-10(11)8-9-15/h1-2,5-7,10,15H,3-4,8-9H2. The minimum atomic E-state index is -0.159. The van der Waals surface area contributed by atoms with E-state index in [2.05, 4.69) is 6.08 Å². The molecule has 80 valence electrons. The van der Waals surface area contributed by atoms with Gasteiger partial charge in [0, 0.05) is 12.2 Å². The molecule has 0 heterocycles. The number of allylic oxidation sites excluding steroid dienone is 2. The molecule has 15 heavy (non-hydrogen) atoms. The van der Waals surface area contributed by atoms with Crippen LogP contribution in [0.1, 0.15) is 24.8 Å². The molecule has 0 bridgehead atoms. The molecular weight excluding hydrogens is 191 g/mol. The molecule has 1 aliphatic carbocycles. The molecule has 0 spiro atoms. The Labute approximate surface area is 89.3 Å². The van der Waals surface area contributed by atoms with Crippen molar-refractivity contribution in [3.05, 3.63) is 41.7 Å². The lowest BCUT2D eigenvalue weighted by Gasteiger charge is -2.14. The van der Waals surface area contributed by atoms with Gasteiger partial charge in [-0.15, -0.1) is 0 Å². The van der Waals surface area contributed by atoms with Crippen LogP contribution in [0.2, 0.25) is 0 Å². The highest BCUT2D eigenvalue weighted by molar-refractivity contribution is 5.69. The van der Waals surface area contributed by atoms with Crippen molar-refractivity contribution in [2.24, 2.45) is 5.92 Å². The summed E-state index contributed by atoms with van der Waals surface area (Å²) in [5, 5.41) is 8.94. The number of benzene rings is 1. The molecule has 1 aromatic rings. The van der Waals surface area contributed by atoms with Crippen LogP contribution in [0.4, 0.5) is 4.39 Å². The number of aliphatic hydroxyl groups is 1. The van der Waals surface area contributed by atoms with Gasteiger partial charge in [0.25, 0.3) is 0 Å². The van der Waals surface area contributed by atoms with Crippen LogP contribution >= 0.6 is 0 Å². The van der Waals surface area contributed by atoms with Crippen molar-refractivity contribution in [2.45, 2.75) is 19.3 Å². The Morgan fingerprint density at radius 1 is 1.33 bits per heavy atom. The second-order valence-electron chi connectivity index (χ2n) is 3.93. The molecule has 0 saturated carbocycles. The van der Waals surface area contributed by atoms with E-state index < -0.39 is 0 Å². The highest BCUT2D eigenvalue weighted by Gasteiger charge is 2.21. The van der Waals surface area contributed by atoms with Crippen LogP contribution in [0.3, 0.4) is 0 Å². The number of aliphatic hydroxyl groups excluding tert-OH is 1. The molecule has 2 rings (SSSR count). The van der Waals surface area contributed by atoms with Crippen molar-refractivity contribution in [2.75, 3.05) is 6.61 Å².